The molecule has 10 heteroatoms. The second kappa shape index (κ2) is 13.6. The fourth-order valence-electron chi connectivity index (χ4n) is 3.05. The number of carbonyl (C=O) groups excluding carboxylic acids is 2. The van der Waals surface area contributed by atoms with Crippen LogP contribution in [0.25, 0.3) is 0 Å². The number of hydrogen-bond acceptors (Lipinski definition) is 6. The Morgan fingerprint density at radius 1 is 1.14 bits per heavy atom. The molecular weight excluding hydrogens is 415 g/mol. The van der Waals surface area contributed by atoms with Crippen molar-refractivity contribution >= 4 is 42.4 Å². The molecule has 166 valence electrons. The molecule has 1 fully saturated rings. The number of anilines is 1. The molecule has 2 amide bonds. The zero-order chi connectivity index (χ0) is 19.8. The summed E-state index contributed by atoms with van der Waals surface area (Å²) in [7, 11) is 0. The van der Waals surface area contributed by atoms with Gasteiger partial charge in [0.15, 0.2) is 0 Å². The van der Waals surface area contributed by atoms with Gasteiger partial charge in [-0.25, -0.2) is 4.98 Å². The predicted molar refractivity (Wildman–Crippen MR) is 121 cm³/mol. The van der Waals surface area contributed by atoms with Crippen molar-refractivity contribution in [3.8, 4) is 0 Å². The van der Waals surface area contributed by atoms with Crippen LogP contribution in [0.15, 0.2) is 24.4 Å². The molecule has 0 saturated carbocycles. The van der Waals surface area contributed by atoms with Gasteiger partial charge in [0.1, 0.15) is 5.82 Å². The van der Waals surface area contributed by atoms with Crippen molar-refractivity contribution in [1.82, 2.24) is 20.5 Å². The molecule has 8 nitrogen and oxygen atoms in total. The molecule has 0 bridgehead atoms. The predicted octanol–water partition coefficient (Wildman–Crippen LogP) is 0.651. The molecule has 29 heavy (non-hydrogen) atoms. The lowest BCUT2D eigenvalue weighted by Crippen LogP contribution is -2.52. The minimum Gasteiger partial charge on any atom is -0.354 e. The lowest BCUT2D eigenvalue weighted by atomic mass is 10.1. The van der Waals surface area contributed by atoms with Gasteiger partial charge < -0.3 is 21.3 Å². The van der Waals surface area contributed by atoms with Crippen LogP contribution in [0.4, 0.5) is 5.82 Å². The number of rotatable bonds is 8. The summed E-state index contributed by atoms with van der Waals surface area (Å²) in [5.74, 6) is 0.558. The minimum atomic E-state index is -0.592. The average Bonchev–Trinajstić information content (AvgIpc) is 2.66. The molecule has 0 spiro atoms. The highest BCUT2D eigenvalue weighted by Gasteiger charge is 2.21. The molecule has 1 aromatic rings. The van der Waals surface area contributed by atoms with E-state index in [1.165, 1.54) is 0 Å². The lowest BCUT2D eigenvalue weighted by Gasteiger charge is -2.36. The van der Waals surface area contributed by atoms with E-state index in [1.807, 2.05) is 45.2 Å². The van der Waals surface area contributed by atoms with Crippen LogP contribution >= 0.6 is 24.8 Å². The molecule has 2 heterocycles. The normalized spacial score (nSPS) is 16.2. The van der Waals surface area contributed by atoms with Gasteiger partial charge in [0, 0.05) is 45.0 Å². The molecule has 0 radical (unpaired) electrons. The van der Waals surface area contributed by atoms with E-state index in [4.69, 9.17) is 5.73 Å². The minimum absolute atomic E-state index is 0. The van der Waals surface area contributed by atoms with Gasteiger partial charge in [-0.2, -0.15) is 0 Å². The number of hydrogen-bond donors (Lipinski definition) is 3. The van der Waals surface area contributed by atoms with E-state index in [9.17, 15) is 9.59 Å². The Morgan fingerprint density at radius 2 is 1.79 bits per heavy atom. The molecule has 1 unspecified atom stereocenters. The quantitative estimate of drug-likeness (QED) is 0.539. The van der Waals surface area contributed by atoms with Crippen molar-refractivity contribution in [3.05, 3.63) is 24.4 Å². The van der Waals surface area contributed by atoms with Gasteiger partial charge >= 0.3 is 0 Å². The van der Waals surface area contributed by atoms with E-state index in [-0.39, 0.29) is 55.1 Å². The van der Waals surface area contributed by atoms with Gasteiger partial charge in [0.2, 0.25) is 11.8 Å². The van der Waals surface area contributed by atoms with Gasteiger partial charge in [0.05, 0.1) is 12.6 Å². The molecule has 1 saturated heterocycles. The molecule has 4 N–H and O–H groups in total. The lowest BCUT2D eigenvalue weighted by molar-refractivity contribution is -0.127. The number of nitrogens with zero attached hydrogens (tertiary/aromatic N) is 3. The van der Waals surface area contributed by atoms with Crippen molar-refractivity contribution in [1.29, 1.82) is 0 Å². The third kappa shape index (κ3) is 9.16. The first kappa shape index (κ1) is 27.4. The van der Waals surface area contributed by atoms with E-state index >= 15 is 0 Å². The Kier molecular flexibility index (Phi) is 12.8. The fraction of sp³-hybridized carbons (Fsp3) is 0.632. The third-order valence-corrected chi connectivity index (χ3v) is 4.73. The van der Waals surface area contributed by atoms with Crippen LogP contribution in [0.3, 0.4) is 0 Å². The number of halogens is 2. The summed E-state index contributed by atoms with van der Waals surface area (Å²) < 4.78 is 0. The summed E-state index contributed by atoms with van der Waals surface area (Å²) in [6.07, 6.45) is 1.81. The van der Waals surface area contributed by atoms with Gasteiger partial charge in [0.25, 0.3) is 0 Å². The number of amides is 2. The van der Waals surface area contributed by atoms with Gasteiger partial charge in [-0.05, 0) is 25.0 Å². The SMILES string of the molecule is CC(CN1CCN(c2ccccn2)CC1)NC(=O)CNC(=O)[C@@H](N)C(C)C.Cl.Cl. The zero-order valence-electron chi connectivity index (χ0n) is 17.3. The van der Waals surface area contributed by atoms with Gasteiger partial charge in [-0.3, -0.25) is 14.5 Å². The first-order valence-corrected chi connectivity index (χ1v) is 9.57. The molecule has 1 aliphatic heterocycles. The van der Waals surface area contributed by atoms with Crippen molar-refractivity contribution < 1.29 is 9.59 Å². The summed E-state index contributed by atoms with van der Waals surface area (Å²) in [5, 5.41) is 5.52. The highest BCUT2D eigenvalue weighted by Crippen LogP contribution is 2.12. The Labute approximate surface area is 185 Å². The topological polar surface area (TPSA) is 104 Å². The third-order valence-electron chi connectivity index (χ3n) is 4.73. The number of aromatic nitrogens is 1. The Hall–Kier alpha value is -1.61. The Morgan fingerprint density at radius 3 is 2.34 bits per heavy atom. The fourth-order valence-corrected chi connectivity index (χ4v) is 3.05. The molecule has 2 rings (SSSR count). The van der Waals surface area contributed by atoms with E-state index in [2.05, 4.69) is 25.4 Å². The van der Waals surface area contributed by atoms with Gasteiger partial charge in [-0.15, -0.1) is 24.8 Å². The van der Waals surface area contributed by atoms with Crippen LogP contribution in [0, 0.1) is 5.92 Å². The number of nitrogens with two attached hydrogens (primary N) is 1. The molecular formula is C19H34Cl2N6O2. The van der Waals surface area contributed by atoms with Crippen molar-refractivity contribution in [2.24, 2.45) is 11.7 Å². The highest BCUT2D eigenvalue weighted by atomic mass is 35.5. The molecule has 1 aliphatic rings. The van der Waals surface area contributed by atoms with Crippen LogP contribution in [-0.2, 0) is 9.59 Å². The Balaban J connectivity index is 0.00000392. The number of carbonyl (C=O) groups is 2. The summed E-state index contributed by atoms with van der Waals surface area (Å²) in [6.45, 7) is 10.2. The summed E-state index contributed by atoms with van der Waals surface area (Å²) in [6, 6.07) is 5.36. The van der Waals surface area contributed by atoms with Crippen molar-refractivity contribution in [2.75, 3.05) is 44.2 Å². The maximum Gasteiger partial charge on any atom is 0.239 e. The first-order chi connectivity index (χ1) is 12.9. The summed E-state index contributed by atoms with van der Waals surface area (Å²) in [4.78, 5) is 32.8. The summed E-state index contributed by atoms with van der Waals surface area (Å²) >= 11 is 0. The van der Waals surface area contributed by atoms with Crippen molar-refractivity contribution in [3.63, 3.8) is 0 Å². The average molecular weight is 449 g/mol. The number of piperazine rings is 1. The number of nitrogens with one attached hydrogen (secondary N) is 2. The highest BCUT2D eigenvalue weighted by molar-refractivity contribution is 5.87. The van der Waals surface area contributed by atoms with E-state index in [1.54, 1.807) is 0 Å². The molecule has 0 aliphatic carbocycles. The first-order valence-electron chi connectivity index (χ1n) is 9.57. The van der Waals surface area contributed by atoms with Crippen LogP contribution in [0.2, 0.25) is 0 Å². The molecule has 1 aromatic heterocycles. The van der Waals surface area contributed by atoms with Crippen LogP contribution in [0.1, 0.15) is 20.8 Å². The van der Waals surface area contributed by atoms with E-state index in [0.717, 1.165) is 38.5 Å². The van der Waals surface area contributed by atoms with Crippen molar-refractivity contribution in [2.45, 2.75) is 32.9 Å². The monoisotopic (exact) mass is 448 g/mol. The number of pyridine rings is 1. The van der Waals surface area contributed by atoms with E-state index < -0.39 is 6.04 Å². The smallest absolute Gasteiger partial charge is 0.239 e. The standard InChI is InChI=1S/C19H32N6O2.2ClH/c1-14(2)18(20)19(27)22-12-17(26)23-15(3)13-24-8-10-25(11-9-24)16-6-4-5-7-21-16;;/h4-7,14-15,18H,8-13,20H2,1-3H3,(H,22,27)(H,23,26);2*1H/t15?,18-;;/m0../s1. The second-order valence-electron chi connectivity index (χ2n) is 7.43. The Bertz CT molecular complexity index is 612. The zero-order valence-corrected chi connectivity index (χ0v) is 19.0. The van der Waals surface area contributed by atoms with Crippen LogP contribution in [0.5, 0.6) is 0 Å². The van der Waals surface area contributed by atoms with Crippen LogP contribution < -0.4 is 21.3 Å². The molecule has 2 atom stereocenters. The second-order valence-corrected chi connectivity index (χ2v) is 7.43. The largest absolute Gasteiger partial charge is 0.354 e. The van der Waals surface area contributed by atoms with Gasteiger partial charge in [-0.1, -0.05) is 19.9 Å². The van der Waals surface area contributed by atoms with Crippen LogP contribution in [-0.4, -0.2) is 73.1 Å². The maximum atomic E-state index is 12.0. The van der Waals surface area contributed by atoms with E-state index in [0.29, 0.717) is 0 Å². The maximum absolute atomic E-state index is 12.0. The summed E-state index contributed by atoms with van der Waals surface area (Å²) in [5.41, 5.74) is 5.77. The molecule has 0 aromatic carbocycles.